The average molecular weight is 291 g/mol. The van der Waals surface area contributed by atoms with Gasteiger partial charge in [-0.25, -0.2) is 4.98 Å². The molecule has 4 nitrogen and oxygen atoms in total. The molecule has 1 aromatic rings. The maximum absolute atomic E-state index is 9.05. The van der Waals surface area contributed by atoms with Crippen molar-refractivity contribution in [2.24, 2.45) is 11.8 Å². The molecule has 0 aliphatic carbocycles. The highest BCUT2D eigenvalue weighted by molar-refractivity contribution is 5.48. The third kappa shape index (κ3) is 4.68. The molecule has 1 atom stereocenters. The van der Waals surface area contributed by atoms with Crippen LogP contribution in [0.25, 0.3) is 0 Å². The van der Waals surface area contributed by atoms with Crippen LogP contribution in [0.5, 0.6) is 0 Å². The number of aryl methyl sites for hydroxylation is 1. The summed E-state index contributed by atoms with van der Waals surface area (Å²) < 4.78 is 0. The number of hydrogen-bond donors (Lipinski definition) is 2. The van der Waals surface area contributed by atoms with Gasteiger partial charge in [-0.15, -0.1) is 0 Å². The van der Waals surface area contributed by atoms with Crippen molar-refractivity contribution >= 4 is 5.82 Å². The number of aliphatic hydroxyl groups is 1. The van der Waals surface area contributed by atoms with Crippen molar-refractivity contribution in [2.75, 3.05) is 31.1 Å². The van der Waals surface area contributed by atoms with Crippen LogP contribution in [0.3, 0.4) is 0 Å². The minimum atomic E-state index is 0.297. The number of pyridine rings is 1. The van der Waals surface area contributed by atoms with Crippen LogP contribution in [0.15, 0.2) is 12.3 Å². The van der Waals surface area contributed by atoms with Gasteiger partial charge in [0.15, 0.2) is 0 Å². The van der Waals surface area contributed by atoms with Crippen LogP contribution in [-0.4, -0.2) is 36.3 Å². The highest BCUT2D eigenvalue weighted by Gasteiger charge is 2.23. The summed E-state index contributed by atoms with van der Waals surface area (Å²) in [6.07, 6.45) is 4.07. The van der Waals surface area contributed by atoms with Crippen LogP contribution in [0.2, 0.25) is 0 Å². The Balaban J connectivity index is 1.93. The third-order valence-electron chi connectivity index (χ3n) is 4.11. The first-order chi connectivity index (χ1) is 10.1. The molecule has 1 aliphatic heterocycles. The van der Waals surface area contributed by atoms with E-state index in [0.717, 1.165) is 38.4 Å². The van der Waals surface area contributed by atoms with Gasteiger partial charge in [0.05, 0.1) is 0 Å². The molecule has 1 saturated heterocycles. The zero-order chi connectivity index (χ0) is 15.2. The summed E-state index contributed by atoms with van der Waals surface area (Å²) in [6.45, 7) is 10.9. The molecule has 1 aliphatic rings. The summed E-state index contributed by atoms with van der Waals surface area (Å²) in [6, 6.07) is 2.25. The van der Waals surface area contributed by atoms with Crippen molar-refractivity contribution in [2.45, 2.75) is 40.2 Å². The van der Waals surface area contributed by atoms with Crippen LogP contribution in [0.4, 0.5) is 5.82 Å². The van der Waals surface area contributed by atoms with Gasteiger partial charge in [-0.05, 0) is 55.3 Å². The van der Waals surface area contributed by atoms with Gasteiger partial charge in [0.2, 0.25) is 0 Å². The number of nitrogens with one attached hydrogen (secondary N) is 1. The van der Waals surface area contributed by atoms with Crippen molar-refractivity contribution in [3.63, 3.8) is 0 Å². The van der Waals surface area contributed by atoms with Crippen LogP contribution >= 0.6 is 0 Å². The van der Waals surface area contributed by atoms with Gasteiger partial charge in [-0.2, -0.15) is 0 Å². The van der Waals surface area contributed by atoms with Crippen molar-refractivity contribution in [3.05, 3.63) is 23.4 Å². The van der Waals surface area contributed by atoms with Gasteiger partial charge < -0.3 is 15.3 Å². The predicted octanol–water partition coefficient (Wildman–Crippen LogP) is 2.34. The van der Waals surface area contributed by atoms with Gasteiger partial charge in [0.1, 0.15) is 5.82 Å². The van der Waals surface area contributed by atoms with Crippen LogP contribution in [-0.2, 0) is 6.54 Å². The molecule has 0 saturated carbocycles. The third-order valence-corrected chi connectivity index (χ3v) is 4.11. The van der Waals surface area contributed by atoms with Gasteiger partial charge in [-0.3, -0.25) is 0 Å². The summed E-state index contributed by atoms with van der Waals surface area (Å²) in [5, 5.41) is 12.5. The maximum Gasteiger partial charge on any atom is 0.131 e. The molecule has 118 valence electrons. The number of nitrogens with zero attached hydrogens (tertiary/aromatic N) is 2. The van der Waals surface area contributed by atoms with E-state index in [1.54, 1.807) is 0 Å². The van der Waals surface area contributed by atoms with E-state index in [2.05, 4.69) is 42.0 Å². The number of anilines is 1. The smallest absolute Gasteiger partial charge is 0.131 e. The minimum Gasteiger partial charge on any atom is -0.396 e. The molecular formula is C17H29N3O. The Bertz CT molecular complexity index is 448. The second-order valence-electron chi connectivity index (χ2n) is 6.62. The summed E-state index contributed by atoms with van der Waals surface area (Å²) in [5.41, 5.74) is 2.51. The van der Waals surface area contributed by atoms with Gasteiger partial charge in [0.25, 0.3) is 0 Å². The largest absolute Gasteiger partial charge is 0.396 e. The number of hydrogen-bond acceptors (Lipinski definition) is 4. The molecule has 0 aromatic carbocycles. The van der Waals surface area contributed by atoms with E-state index in [0.29, 0.717) is 18.4 Å². The first-order valence-electron chi connectivity index (χ1n) is 8.12. The van der Waals surface area contributed by atoms with E-state index in [1.807, 2.05) is 6.20 Å². The summed E-state index contributed by atoms with van der Waals surface area (Å²) in [5.74, 6) is 2.40. The molecule has 21 heavy (non-hydrogen) atoms. The molecule has 0 spiro atoms. The van der Waals surface area contributed by atoms with Crippen molar-refractivity contribution in [1.82, 2.24) is 10.3 Å². The number of rotatable bonds is 7. The van der Waals surface area contributed by atoms with Crippen LogP contribution in [0.1, 0.15) is 37.8 Å². The quantitative estimate of drug-likeness (QED) is 0.809. The molecule has 1 unspecified atom stereocenters. The lowest BCUT2D eigenvalue weighted by atomic mass is 10.1. The summed E-state index contributed by atoms with van der Waals surface area (Å²) >= 11 is 0. The molecule has 2 N–H and O–H groups in total. The van der Waals surface area contributed by atoms with Gasteiger partial charge in [-0.1, -0.05) is 13.8 Å². The van der Waals surface area contributed by atoms with Crippen molar-refractivity contribution in [3.8, 4) is 0 Å². The predicted molar refractivity (Wildman–Crippen MR) is 87.5 cm³/mol. The molecule has 4 heteroatoms. The first kappa shape index (κ1) is 16.2. The Morgan fingerprint density at radius 1 is 1.48 bits per heavy atom. The Labute approximate surface area is 128 Å². The fraction of sp³-hybridized carbons (Fsp3) is 0.706. The van der Waals surface area contributed by atoms with E-state index in [9.17, 15) is 0 Å². The fourth-order valence-corrected chi connectivity index (χ4v) is 3.00. The van der Waals surface area contributed by atoms with E-state index in [-0.39, 0.29) is 0 Å². The van der Waals surface area contributed by atoms with Crippen molar-refractivity contribution < 1.29 is 5.11 Å². The second kappa shape index (κ2) is 7.76. The van der Waals surface area contributed by atoms with Crippen LogP contribution < -0.4 is 10.2 Å². The molecule has 0 radical (unpaired) electrons. The summed E-state index contributed by atoms with van der Waals surface area (Å²) in [7, 11) is 0. The average Bonchev–Trinajstić information content (AvgIpc) is 2.87. The first-order valence-corrected chi connectivity index (χ1v) is 8.12. The lowest BCUT2D eigenvalue weighted by Gasteiger charge is -2.20. The zero-order valence-electron chi connectivity index (χ0n) is 13.6. The maximum atomic E-state index is 9.05. The Hall–Kier alpha value is -1.13. The molecule has 1 aromatic heterocycles. The Kier molecular flexibility index (Phi) is 6.00. The topological polar surface area (TPSA) is 48.4 Å². The highest BCUT2D eigenvalue weighted by atomic mass is 16.3. The van der Waals surface area contributed by atoms with E-state index >= 15 is 0 Å². The lowest BCUT2D eigenvalue weighted by Crippen LogP contribution is -2.23. The second-order valence-corrected chi connectivity index (χ2v) is 6.62. The molecule has 1 fully saturated rings. The number of aromatic nitrogens is 1. The Morgan fingerprint density at radius 3 is 2.95 bits per heavy atom. The van der Waals surface area contributed by atoms with Crippen LogP contribution in [0, 0.1) is 18.8 Å². The SMILES string of the molecule is Cc1cc(CNCC(C)C)cnc1N1CCC(CCO)C1. The number of aliphatic hydroxyl groups excluding tert-OH is 1. The molecular weight excluding hydrogens is 262 g/mol. The Morgan fingerprint density at radius 2 is 2.29 bits per heavy atom. The fourth-order valence-electron chi connectivity index (χ4n) is 3.00. The monoisotopic (exact) mass is 291 g/mol. The molecule has 2 heterocycles. The molecule has 2 rings (SSSR count). The standard InChI is InChI=1S/C17H29N3O/c1-13(2)9-18-10-16-8-14(3)17(19-11-16)20-6-4-15(12-20)5-7-21/h8,11,13,15,18,21H,4-7,9-10,12H2,1-3H3. The van der Waals surface area contributed by atoms with Gasteiger partial charge in [0, 0.05) is 32.4 Å². The van der Waals surface area contributed by atoms with Gasteiger partial charge >= 0.3 is 0 Å². The zero-order valence-corrected chi connectivity index (χ0v) is 13.6. The van der Waals surface area contributed by atoms with E-state index < -0.39 is 0 Å². The molecule has 0 amide bonds. The van der Waals surface area contributed by atoms with Crippen molar-refractivity contribution in [1.29, 1.82) is 0 Å². The lowest BCUT2D eigenvalue weighted by molar-refractivity contribution is 0.263. The van der Waals surface area contributed by atoms with E-state index in [1.165, 1.54) is 17.5 Å². The van der Waals surface area contributed by atoms with E-state index in [4.69, 9.17) is 5.11 Å². The summed E-state index contributed by atoms with van der Waals surface area (Å²) in [4.78, 5) is 7.04. The minimum absolute atomic E-state index is 0.297. The normalized spacial score (nSPS) is 18.7. The molecule has 0 bridgehead atoms. The highest BCUT2D eigenvalue weighted by Crippen LogP contribution is 2.26.